The van der Waals surface area contributed by atoms with Crippen molar-refractivity contribution < 1.29 is 9.53 Å². The number of carbonyl (C=O) groups excluding carboxylic acids is 1. The number of Topliss-reactive ketones (excluding diaryl/α,β-unsaturated/α-hetero) is 1. The van der Waals surface area contributed by atoms with Gasteiger partial charge in [0.2, 0.25) is 0 Å². The van der Waals surface area contributed by atoms with Gasteiger partial charge >= 0.3 is 0 Å². The molecule has 2 heteroatoms. The molecule has 2 unspecified atom stereocenters. The van der Waals surface area contributed by atoms with Crippen LogP contribution in [0.25, 0.3) is 10.8 Å². The summed E-state index contributed by atoms with van der Waals surface area (Å²) in [6.45, 7) is 0. The molecule has 0 radical (unpaired) electrons. The lowest BCUT2D eigenvalue weighted by molar-refractivity contribution is 0.0954. The topological polar surface area (TPSA) is 29.6 Å². The van der Waals surface area contributed by atoms with Crippen molar-refractivity contribution in [3.05, 3.63) is 83.9 Å². The molecule has 1 fully saturated rings. The molecule has 4 rings (SSSR count). The van der Waals surface area contributed by atoms with Gasteiger partial charge in [0.25, 0.3) is 0 Å². The van der Waals surface area contributed by atoms with Crippen LogP contribution in [-0.2, 0) is 4.74 Å². The van der Waals surface area contributed by atoms with Gasteiger partial charge in [0, 0.05) is 5.56 Å². The molecule has 21 heavy (non-hydrogen) atoms. The molecule has 0 aromatic heterocycles. The SMILES string of the molecule is O=C(c1ccc2ccccc2c1)C1OC1c1ccccc1. The fraction of sp³-hybridized carbons (Fsp3) is 0.105. The molecule has 1 heterocycles. The molecule has 1 saturated heterocycles. The Hall–Kier alpha value is -2.45. The number of benzene rings is 3. The summed E-state index contributed by atoms with van der Waals surface area (Å²) in [5.74, 6) is 0.0645. The molecule has 0 bridgehead atoms. The average molecular weight is 274 g/mol. The fourth-order valence-corrected chi connectivity index (χ4v) is 2.71. The van der Waals surface area contributed by atoms with Crippen LogP contribution in [0.2, 0.25) is 0 Å². The highest BCUT2D eigenvalue weighted by atomic mass is 16.6. The number of epoxide rings is 1. The van der Waals surface area contributed by atoms with E-state index in [0.29, 0.717) is 0 Å². The van der Waals surface area contributed by atoms with Crippen molar-refractivity contribution in [3.8, 4) is 0 Å². The van der Waals surface area contributed by atoms with Crippen molar-refractivity contribution in [2.45, 2.75) is 12.2 Å². The molecule has 2 atom stereocenters. The highest BCUT2D eigenvalue weighted by Gasteiger charge is 2.46. The molecular formula is C19H14O2. The first-order valence-corrected chi connectivity index (χ1v) is 7.06. The van der Waals surface area contributed by atoms with E-state index in [9.17, 15) is 4.79 Å². The molecular weight excluding hydrogens is 260 g/mol. The van der Waals surface area contributed by atoms with Gasteiger partial charge in [-0.2, -0.15) is 0 Å². The third-order valence-electron chi connectivity index (χ3n) is 3.91. The summed E-state index contributed by atoms with van der Waals surface area (Å²) in [5, 5.41) is 2.23. The predicted molar refractivity (Wildman–Crippen MR) is 82.3 cm³/mol. The van der Waals surface area contributed by atoms with Crippen molar-refractivity contribution in [1.82, 2.24) is 0 Å². The standard InChI is InChI=1S/C19H14O2/c20-17(19-18(21-19)14-7-2-1-3-8-14)16-11-10-13-6-4-5-9-15(13)12-16/h1-12,18-19H. The number of ketones is 1. The summed E-state index contributed by atoms with van der Waals surface area (Å²) in [7, 11) is 0. The van der Waals surface area contributed by atoms with E-state index in [0.717, 1.165) is 21.9 Å². The monoisotopic (exact) mass is 274 g/mol. The van der Waals surface area contributed by atoms with E-state index in [-0.39, 0.29) is 18.0 Å². The molecule has 1 aliphatic heterocycles. The van der Waals surface area contributed by atoms with Crippen LogP contribution in [0, 0.1) is 0 Å². The van der Waals surface area contributed by atoms with Gasteiger partial charge < -0.3 is 4.74 Å². The van der Waals surface area contributed by atoms with E-state index in [2.05, 4.69) is 0 Å². The summed E-state index contributed by atoms with van der Waals surface area (Å²) in [5.41, 5.74) is 1.79. The van der Waals surface area contributed by atoms with E-state index >= 15 is 0 Å². The van der Waals surface area contributed by atoms with Crippen molar-refractivity contribution >= 4 is 16.6 Å². The van der Waals surface area contributed by atoms with Crippen LogP contribution in [0.3, 0.4) is 0 Å². The van der Waals surface area contributed by atoms with Crippen LogP contribution >= 0.6 is 0 Å². The Balaban J connectivity index is 1.60. The Morgan fingerprint density at radius 3 is 2.33 bits per heavy atom. The lowest BCUT2D eigenvalue weighted by Gasteiger charge is -2.01. The number of fused-ring (bicyclic) bond motifs is 1. The molecule has 0 N–H and O–H groups in total. The number of carbonyl (C=O) groups is 1. The minimum Gasteiger partial charge on any atom is -0.356 e. The first kappa shape index (κ1) is 12.3. The first-order chi connectivity index (χ1) is 10.3. The molecule has 0 amide bonds. The minimum atomic E-state index is -0.339. The van der Waals surface area contributed by atoms with E-state index in [1.165, 1.54) is 0 Å². The number of ether oxygens (including phenoxy) is 1. The summed E-state index contributed by atoms with van der Waals surface area (Å²) < 4.78 is 5.58. The van der Waals surface area contributed by atoms with Crippen LogP contribution in [-0.4, -0.2) is 11.9 Å². The third kappa shape index (κ3) is 2.24. The zero-order valence-corrected chi connectivity index (χ0v) is 11.4. The van der Waals surface area contributed by atoms with Crippen molar-refractivity contribution in [3.63, 3.8) is 0 Å². The molecule has 2 nitrogen and oxygen atoms in total. The van der Waals surface area contributed by atoms with Crippen LogP contribution in [0.1, 0.15) is 22.0 Å². The fourth-order valence-electron chi connectivity index (χ4n) is 2.71. The van der Waals surface area contributed by atoms with E-state index in [1.807, 2.05) is 72.8 Å². The zero-order valence-electron chi connectivity index (χ0n) is 11.4. The summed E-state index contributed by atoms with van der Waals surface area (Å²) in [6.07, 6.45) is -0.432. The molecule has 0 spiro atoms. The summed E-state index contributed by atoms with van der Waals surface area (Å²) in [4.78, 5) is 12.5. The van der Waals surface area contributed by atoms with Gasteiger partial charge in [-0.25, -0.2) is 0 Å². The molecule has 0 aliphatic carbocycles. The Bertz CT molecular complexity index is 808. The molecule has 1 aliphatic rings. The highest BCUT2D eigenvalue weighted by Crippen LogP contribution is 2.40. The smallest absolute Gasteiger partial charge is 0.194 e. The van der Waals surface area contributed by atoms with E-state index in [4.69, 9.17) is 4.74 Å². The van der Waals surface area contributed by atoms with Crippen LogP contribution in [0.5, 0.6) is 0 Å². The molecule has 3 aromatic rings. The molecule has 102 valence electrons. The Morgan fingerprint density at radius 1 is 0.810 bits per heavy atom. The van der Waals surface area contributed by atoms with Gasteiger partial charge in [0.05, 0.1) is 0 Å². The number of hydrogen-bond acceptors (Lipinski definition) is 2. The molecule has 3 aromatic carbocycles. The minimum absolute atomic E-state index is 0.0645. The quantitative estimate of drug-likeness (QED) is 0.530. The van der Waals surface area contributed by atoms with Gasteiger partial charge in [0.1, 0.15) is 6.10 Å². The second-order valence-corrected chi connectivity index (χ2v) is 5.31. The highest BCUT2D eigenvalue weighted by molar-refractivity contribution is 6.04. The van der Waals surface area contributed by atoms with Crippen molar-refractivity contribution in [2.24, 2.45) is 0 Å². The lowest BCUT2D eigenvalue weighted by Crippen LogP contribution is -2.08. The van der Waals surface area contributed by atoms with Gasteiger partial charge in [-0.15, -0.1) is 0 Å². The second kappa shape index (κ2) is 4.83. The van der Waals surface area contributed by atoms with E-state index < -0.39 is 0 Å². The maximum atomic E-state index is 12.5. The first-order valence-electron chi connectivity index (χ1n) is 7.06. The lowest BCUT2D eigenvalue weighted by atomic mass is 10.00. The second-order valence-electron chi connectivity index (χ2n) is 5.31. The Kier molecular flexibility index (Phi) is 2.83. The van der Waals surface area contributed by atoms with Gasteiger partial charge in [-0.05, 0) is 22.4 Å². The van der Waals surface area contributed by atoms with E-state index in [1.54, 1.807) is 0 Å². The maximum Gasteiger partial charge on any atom is 0.194 e. The predicted octanol–water partition coefficient (Wildman–Crippen LogP) is 4.16. The van der Waals surface area contributed by atoms with Crippen molar-refractivity contribution in [2.75, 3.05) is 0 Å². The Labute approximate surface area is 123 Å². The normalized spacial score (nSPS) is 20.4. The number of rotatable bonds is 3. The maximum absolute atomic E-state index is 12.5. The third-order valence-corrected chi connectivity index (χ3v) is 3.91. The zero-order chi connectivity index (χ0) is 14.2. The van der Waals surface area contributed by atoms with Crippen LogP contribution in [0.4, 0.5) is 0 Å². The Morgan fingerprint density at radius 2 is 1.52 bits per heavy atom. The largest absolute Gasteiger partial charge is 0.356 e. The van der Waals surface area contributed by atoms with Gasteiger partial charge in [0.15, 0.2) is 11.9 Å². The number of hydrogen-bond donors (Lipinski definition) is 0. The summed E-state index contributed by atoms with van der Waals surface area (Å²) >= 11 is 0. The molecule has 0 saturated carbocycles. The van der Waals surface area contributed by atoms with Crippen LogP contribution < -0.4 is 0 Å². The van der Waals surface area contributed by atoms with Gasteiger partial charge in [-0.1, -0.05) is 66.7 Å². The van der Waals surface area contributed by atoms with Gasteiger partial charge in [-0.3, -0.25) is 4.79 Å². The summed E-state index contributed by atoms with van der Waals surface area (Å²) in [6, 6.07) is 23.8. The van der Waals surface area contributed by atoms with Crippen molar-refractivity contribution in [1.29, 1.82) is 0 Å². The van der Waals surface area contributed by atoms with Crippen LogP contribution in [0.15, 0.2) is 72.8 Å². The average Bonchev–Trinajstić information content (AvgIpc) is 3.35.